The Bertz CT molecular complexity index is 839. The number of aliphatic hydroxyl groups excluding tert-OH is 1. The van der Waals surface area contributed by atoms with Crippen molar-refractivity contribution in [1.82, 2.24) is 9.55 Å². The van der Waals surface area contributed by atoms with Crippen LogP contribution in [0.4, 0.5) is 0 Å². The summed E-state index contributed by atoms with van der Waals surface area (Å²) in [7, 11) is 0. The molecule has 1 heterocycles. The second-order valence-corrected chi connectivity index (χ2v) is 5.14. The van der Waals surface area contributed by atoms with Gasteiger partial charge in [-0.15, -0.1) is 0 Å². The van der Waals surface area contributed by atoms with Gasteiger partial charge in [-0.2, -0.15) is 0 Å². The van der Waals surface area contributed by atoms with Gasteiger partial charge in [-0.05, 0) is 29.3 Å². The summed E-state index contributed by atoms with van der Waals surface area (Å²) in [5.74, 6) is 0. The summed E-state index contributed by atoms with van der Waals surface area (Å²) in [6.45, 7) is 1.97. The first-order valence-corrected chi connectivity index (χ1v) is 6.83. The fourth-order valence-corrected chi connectivity index (χ4v) is 2.36. The van der Waals surface area contributed by atoms with E-state index >= 15 is 0 Å². The zero-order valence-corrected chi connectivity index (χ0v) is 11.7. The van der Waals surface area contributed by atoms with Crippen molar-refractivity contribution in [3.8, 4) is 0 Å². The van der Waals surface area contributed by atoms with Gasteiger partial charge in [0.1, 0.15) is 0 Å². The summed E-state index contributed by atoms with van der Waals surface area (Å²) >= 11 is 0. The van der Waals surface area contributed by atoms with Gasteiger partial charge in [0, 0.05) is 11.8 Å². The lowest BCUT2D eigenvalue weighted by Crippen LogP contribution is -2.23. The maximum absolute atomic E-state index is 11.8. The largest absolute Gasteiger partial charge is 0.387 e. The van der Waals surface area contributed by atoms with Gasteiger partial charge >= 0.3 is 0 Å². The minimum atomic E-state index is -0.739. The molecule has 21 heavy (non-hydrogen) atoms. The van der Waals surface area contributed by atoms with E-state index in [1.54, 1.807) is 6.92 Å². The van der Waals surface area contributed by atoms with Gasteiger partial charge in [-0.25, -0.2) is 4.98 Å². The molecule has 4 nitrogen and oxygen atoms in total. The Morgan fingerprint density at radius 3 is 2.67 bits per heavy atom. The van der Waals surface area contributed by atoms with Gasteiger partial charge in [0.15, 0.2) is 0 Å². The molecule has 0 aliphatic carbocycles. The molecule has 2 aromatic carbocycles. The van der Waals surface area contributed by atoms with Crippen LogP contribution in [0.5, 0.6) is 0 Å². The fraction of sp³-hybridized carbons (Fsp3) is 0.176. The Hall–Kier alpha value is -2.46. The third kappa shape index (κ3) is 2.85. The van der Waals surface area contributed by atoms with Crippen LogP contribution in [0.25, 0.3) is 10.8 Å². The van der Waals surface area contributed by atoms with Crippen LogP contribution < -0.4 is 5.56 Å². The van der Waals surface area contributed by atoms with Crippen LogP contribution >= 0.6 is 0 Å². The average molecular weight is 280 g/mol. The summed E-state index contributed by atoms with van der Waals surface area (Å²) in [4.78, 5) is 15.9. The Morgan fingerprint density at radius 1 is 1.14 bits per heavy atom. The number of hydrogen-bond donors (Lipinski definition) is 1. The highest BCUT2D eigenvalue weighted by Crippen LogP contribution is 2.21. The molecular weight excluding hydrogens is 264 g/mol. The molecule has 0 radical (unpaired) electrons. The molecule has 0 saturated heterocycles. The van der Waals surface area contributed by atoms with Gasteiger partial charge in [0.25, 0.3) is 5.56 Å². The molecule has 1 aromatic heterocycles. The second kappa shape index (κ2) is 5.50. The van der Waals surface area contributed by atoms with Gasteiger partial charge < -0.3 is 5.11 Å². The zero-order valence-electron chi connectivity index (χ0n) is 11.7. The topological polar surface area (TPSA) is 55.1 Å². The Kier molecular flexibility index (Phi) is 3.54. The van der Waals surface area contributed by atoms with E-state index < -0.39 is 6.10 Å². The van der Waals surface area contributed by atoms with Crippen LogP contribution in [0.3, 0.4) is 0 Å². The molecule has 0 aliphatic heterocycles. The summed E-state index contributed by atoms with van der Waals surface area (Å²) in [5.41, 5.74) is 1.32. The molecule has 3 aromatic rings. The minimum Gasteiger partial charge on any atom is -0.387 e. The maximum Gasteiger partial charge on any atom is 0.253 e. The first-order valence-electron chi connectivity index (χ1n) is 6.83. The van der Waals surface area contributed by atoms with Crippen molar-refractivity contribution in [2.45, 2.75) is 19.6 Å². The predicted octanol–water partition coefficient (Wildman–Crippen LogP) is 2.44. The fourth-order valence-electron chi connectivity index (χ4n) is 2.36. The third-order valence-corrected chi connectivity index (χ3v) is 3.54. The Labute approximate surface area is 122 Å². The molecule has 0 spiro atoms. The lowest BCUT2D eigenvalue weighted by molar-refractivity contribution is 0.154. The van der Waals surface area contributed by atoms with Crippen molar-refractivity contribution < 1.29 is 5.11 Å². The average Bonchev–Trinajstić information content (AvgIpc) is 2.49. The summed E-state index contributed by atoms with van der Waals surface area (Å²) in [6.07, 6.45) is 0.735. The predicted molar refractivity (Wildman–Crippen MR) is 82.1 cm³/mol. The van der Waals surface area contributed by atoms with Crippen LogP contribution in [-0.4, -0.2) is 14.7 Å². The van der Waals surface area contributed by atoms with E-state index in [1.807, 2.05) is 42.5 Å². The monoisotopic (exact) mass is 280 g/mol. The van der Waals surface area contributed by atoms with Crippen molar-refractivity contribution in [3.05, 3.63) is 76.5 Å². The molecule has 1 N–H and O–H groups in total. The zero-order chi connectivity index (χ0) is 14.8. The molecule has 0 bridgehead atoms. The van der Waals surface area contributed by atoms with Gasteiger partial charge in [-0.3, -0.25) is 9.36 Å². The number of hydrogen-bond acceptors (Lipinski definition) is 3. The van der Waals surface area contributed by atoms with Crippen LogP contribution in [0, 0.1) is 6.92 Å². The highest BCUT2D eigenvalue weighted by Gasteiger charge is 2.10. The van der Waals surface area contributed by atoms with E-state index in [1.165, 1.54) is 17.0 Å². The molecule has 4 heteroatoms. The van der Waals surface area contributed by atoms with E-state index in [9.17, 15) is 9.90 Å². The second-order valence-electron chi connectivity index (χ2n) is 5.14. The van der Waals surface area contributed by atoms with E-state index in [4.69, 9.17) is 0 Å². The van der Waals surface area contributed by atoms with Gasteiger partial charge in [0.2, 0.25) is 0 Å². The first-order chi connectivity index (χ1) is 10.1. The van der Waals surface area contributed by atoms with E-state index in [2.05, 4.69) is 4.98 Å². The molecule has 0 aliphatic rings. The smallest absolute Gasteiger partial charge is 0.253 e. The molecule has 0 fully saturated rings. The molecule has 106 valence electrons. The maximum atomic E-state index is 11.8. The molecule has 1 unspecified atom stereocenters. The van der Waals surface area contributed by atoms with Crippen LogP contribution in [0.2, 0.25) is 0 Å². The summed E-state index contributed by atoms with van der Waals surface area (Å²) in [6, 6.07) is 15.3. The molecule has 3 rings (SSSR count). The van der Waals surface area contributed by atoms with Crippen LogP contribution in [0.1, 0.15) is 17.4 Å². The number of aryl methyl sites for hydroxylation is 1. The van der Waals surface area contributed by atoms with E-state index in [0.29, 0.717) is 5.69 Å². The van der Waals surface area contributed by atoms with Gasteiger partial charge in [0.05, 0.1) is 19.0 Å². The first kappa shape index (κ1) is 13.5. The third-order valence-electron chi connectivity index (χ3n) is 3.54. The van der Waals surface area contributed by atoms with Crippen molar-refractivity contribution in [3.63, 3.8) is 0 Å². The van der Waals surface area contributed by atoms with E-state index in [-0.39, 0.29) is 12.1 Å². The summed E-state index contributed by atoms with van der Waals surface area (Å²) < 4.78 is 1.42. The quantitative estimate of drug-likeness (QED) is 0.801. The molecule has 0 amide bonds. The molecular formula is C17H16N2O2. The number of rotatable bonds is 3. The van der Waals surface area contributed by atoms with Crippen LogP contribution in [0.15, 0.2) is 59.7 Å². The number of nitrogens with zero attached hydrogens (tertiary/aromatic N) is 2. The highest BCUT2D eigenvalue weighted by atomic mass is 16.3. The van der Waals surface area contributed by atoms with Crippen molar-refractivity contribution in [1.29, 1.82) is 0 Å². The Balaban J connectivity index is 1.89. The SMILES string of the molecule is Cc1cc(=O)n(CC(O)c2ccc3ccccc3c2)cn1. The number of benzene rings is 2. The lowest BCUT2D eigenvalue weighted by atomic mass is 10.0. The van der Waals surface area contributed by atoms with Crippen LogP contribution in [-0.2, 0) is 6.54 Å². The van der Waals surface area contributed by atoms with E-state index in [0.717, 1.165) is 16.3 Å². The number of fused-ring (bicyclic) bond motifs is 1. The summed E-state index contributed by atoms with van der Waals surface area (Å²) in [5, 5.41) is 12.5. The highest BCUT2D eigenvalue weighted by molar-refractivity contribution is 5.83. The number of aliphatic hydroxyl groups is 1. The Morgan fingerprint density at radius 2 is 1.90 bits per heavy atom. The standard InChI is InChI=1S/C17H16N2O2/c1-12-8-17(21)19(11-18-12)10-16(20)15-7-6-13-4-2-3-5-14(13)9-15/h2-9,11,16,20H,10H2,1H3. The number of aromatic nitrogens is 2. The normalized spacial score (nSPS) is 12.5. The van der Waals surface area contributed by atoms with Crippen molar-refractivity contribution in [2.24, 2.45) is 0 Å². The lowest BCUT2D eigenvalue weighted by Gasteiger charge is -2.13. The van der Waals surface area contributed by atoms with Crippen molar-refractivity contribution in [2.75, 3.05) is 0 Å². The molecule has 0 saturated carbocycles. The minimum absolute atomic E-state index is 0.151. The van der Waals surface area contributed by atoms with Gasteiger partial charge in [-0.1, -0.05) is 36.4 Å². The van der Waals surface area contributed by atoms with Crippen molar-refractivity contribution >= 4 is 10.8 Å². The molecule has 1 atom stereocenters.